The summed E-state index contributed by atoms with van der Waals surface area (Å²) < 4.78 is 32.9. The molecule has 0 N–H and O–H groups in total. The fourth-order valence-corrected chi connectivity index (χ4v) is 5.68. The van der Waals surface area contributed by atoms with Gasteiger partial charge in [-0.1, -0.05) is 0 Å². The van der Waals surface area contributed by atoms with Crippen molar-refractivity contribution in [3.8, 4) is 11.3 Å². The fourth-order valence-electron chi connectivity index (χ4n) is 2.35. The molecule has 0 spiro atoms. The number of hydrogen-bond donors (Lipinski definition) is 0. The van der Waals surface area contributed by atoms with Gasteiger partial charge in [0.15, 0.2) is 0 Å². The first-order valence-electron chi connectivity index (χ1n) is 9.09. The van der Waals surface area contributed by atoms with Gasteiger partial charge < -0.3 is 0 Å². The third-order valence-corrected chi connectivity index (χ3v) is 7.59. The molecule has 0 radical (unpaired) electrons. The number of hydrogen-bond acceptors (Lipinski definition) is 1. The molecule has 0 amide bonds. The van der Waals surface area contributed by atoms with E-state index in [0.717, 1.165) is 6.42 Å². The Bertz CT molecular complexity index is 767. The van der Waals surface area contributed by atoms with Gasteiger partial charge in [-0.2, -0.15) is 0 Å². The van der Waals surface area contributed by atoms with E-state index in [9.17, 15) is 0 Å². The summed E-state index contributed by atoms with van der Waals surface area (Å²) in [6.07, 6.45) is 2.90. The molecule has 106 valence electrons. The molecule has 2 heteroatoms. The molecule has 0 atom stereocenters. The average Bonchev–Trinajstić information content (AvgIpc) is 2.47. The molecule has 1 aromatic carbocycles. The van der Waals surface area contributed by atoms with Gasteiger partial charge in [-0.05, 0) is 0 Å². The third-order valence-electron chi connectivity index (χ3n) is 3.25. The summed E-state index contributed by atoms with van der Waals surface area (Å²) in [5.74, 6) is 7.55. The normalized spacial score (nSPS) is 14.7. The first-order valence-corrected chi connectivity index (χ1v) is 14.4. The van der Waals surface area contributed by atoms with Crippen LogP contribution in [0.4, 0.5) is 0 Å². The summed E-state index contributed by atoms with van der Waals surface area (Å²) in [6.45, 7) is 4.38. The summed E-state index contributed by atoms with van der Waals surface area (Å²) in [6, 6.07) is 3.05. The zero-order valence-corrected chi connectivity index (χ0v) is 15.1. The Labute approximate surface area is 131 Å². The maximum absolute atomic E-state index is 8.14. The second-order valence-electron chi connectivity index (χ2n) is 6.65. The van der Waals surface area contributed by atoms with Crippen LogP contribution in [0.15, 0.2) is 42.5 Å². The van der Waals surface area contributed by atoms with Crippen molar-refractivity contribution < 1.29 is 5.48 Å². The van der Waals surface area contributed by atoms with Gasteiger partial charge in [0, 0.05) is 0 Å². The van der Waals surface area contributed by atoms with E-state index in [2.05, 4.69) is 36.1 Å². The van der Waals surface area contributed by atoms with E-state index in [4.69, 9.17) is 5.48 Å². The predicted octanol–water partition coefficient (Wildman–Crippen LogP) is 4.49. The van der Waals surface area contributed by atoms with Crippen LogP contribution in [0, 0.1) is 5.92 Å². The molecule has 0 saturated carbocycles. The van der Waals surface area contributed by atoms with Crippen LogP contribution < -0.4 is 4.40 Å². The Hall–Kier alpha value is -1.09. The number of benzene rings is 1. The minimum absolute atomic E-state index is 0.0240. The van der Waals surface area contributed by atoms with Crippen LogP contribution >= 0.6 is 0 Å². The van der Waals surface area contributed by atoms with Crippen LogP contribution in [-0.2, 0) is 6.42 Å². The molecule has 0 aliphatic rings. The molecule has 0 aliphatic heterocycles. The van der Waals surface area contributed by atoms with Gasteiger partial charge in [0.1, 0.15) is 0 Å². The summed E-state index contributed by atoms with van der Waals surface area (Å²) in [5.41, 5.74) is 2.38. The Kier molecular flexibility index (Phi) is 3.25. The summed E-state index contributed by atoms with van der Waals surface area (Å²) >= 11 is -2.05. The molecular formula is C18H25GeN. The van der Waals surface area contributed by atoms with Crippen molar-refractivity contribution in [2.75, 3.05) is 0 Å². The molecule has 0 aliphatic carbocycles. The van der Waals surface area contributed by atoms with Gasteiger partial charge in [-0.3, -0.25) is 0 Å². The molecule has 1 aromatic heterocycles. The van der Waals surface area contributed by atoms with Gasteiger partial charge in [-0.15, -0.1) is 0 Å². The minimum atomic E-state index is -2.05. The SMILES string of the molecule is [2H]c1cc(-c2cc(CC(C)C)[c]([Ge]([CH3])([CH3])[CH3])cn2)c([2H])c([2H])c1[2H]. The van der Waals surface area contributed by atoms with Gasteiger partial charge >= 0.3 is 131 Å². The predicted molar refractivity (Wildman–Crippen MR) is 91.2 cm³/mol. The van der Waals surface area contributed by atoms with Gasteiger partial charge in [-0.25, -0.2) is 0 Å². The molecule has 0 saturated heterocycles. The Morgan fingerprint density at radius 2 is 1.95 bits per heavy atom. The molecular weight excluding hydrogens is 303 g/mol. The third kappa shape index (κ3) is 3.72. The van der Waals surface area contributed by atoms with Crippen molar-refractivity contribution in [3.05, 3.63) is 48.1 Å². The van der Waals surface area contributed by atoms with Crippen LogP contribution in [0.25, 0.3) is 11.3 Å². The van der Waals surface area contributed by atoms with Crippen LogP contribution in [0.3, 0.4) is 0 Å². The fraction of sp³-hybridized carbons (Fsp3) is 0.389. The van der Waals surface area contributed by atoms with E-state index in [1.165, 1.54) is 16.0 Å². The van der Waals surface area contributed by atoms with Crippen molar-refractivity contribution in [2.45, 2.75) is 37.5 Å². The topological polar surface area (TPSA) is 12.9 Å². The monoisotopic (exact) mass is 333 g/mol. The quantitative estimate of drug-likeness (QED) is 0.752. The van der Waals surface area contributed by atoms with Crippen molar-refractivity contribution in [1.29, 1.82) is 0 Å². The zero-order chi connectivity index (χ0) is 18.2. The van der Waals surface area contributed by atoms with Crippen molar-refractivity contribution in [2.24, 2.45) is 5.92 Å². The number of nitrogens with zero attached hydrogens (tertiary/aromatic N) is 1. The zero-order valence-electron chi connectivity index (χ0n) is 17.0. The Morgan fingerprint density at radius 3 is 2.60 bits per heavy atom. The van der Waals surface area contributed by atoms with Crippen molar-refractivity contribution >= 4 is 17.7 Å². The number of rotatable bonds is 4. The van der Waals surface area contributed by atoms with E-state index < -0.39 is 13.3 Å². The first kappa shape index (κ1) is 10.6. The van der Waals surface area contributed by atoms with E-state index in [1.807, 2.05) is 12.3 Å². The molecule has 0 bridgehead atoms. The molecule has 1 heterocycles. The van der Waals surface area contributed by atoms with Crippen LogP contribution in [0.2, 0.25) is 17.3 Å². The molecule has 20 heavy (non-hydrogen) atoms. The van der Waals surface area contributed by atoms with Crippen LogP contribution in [0.1, 0.15) is 24.9 Å². The van der Waals surface area contributed by atoms with E-state index in [1.54, 1.807) is 0 Å². The Balaban J connectivity index is 2.65. The molecule has 1 nitrogen and oxygen atoms in total. The number of aromatic nitrogens is 1. The van der Waals surface area contributed by atoms with Crippen molar-refractivity contribution in [1.82, 2.24) is 4.98 Å². The average molecular weight is 332 g/mol. The van der Waals surface area contributed by atoms with Gasteiger partial charge in [0.2, 0.25) is 0 Å². The Morgan fingerprint density at radius 1 is 1.20 bits per heavy atom. The van der Waals surface area contributed by atoms with E-state index >= 15 is 0 Å². The maximum atomic E-state index is 8.14. The number of pyridine rings is 1. The van der Waals surface area contributed by atoms with E-state index in [0.29, 0.717) is 17.2 Å². The first-order chi connectivity index (χ1) is 11.0. The summed E-state index contributed by atoms with van der Waals surface area (Å²) in [5, 5.41) is 0. The van der Waals surface area contributed by atoms with Crippen LogP contribution in [-0.4, -0.2) is 18.3 Å². The molecule has 0 unspecified atom stereocenters. The van der Waals surface area contributed by atoms with E-state index in [-0.39, 0.29) is 24.2 Å². The van der Waals surface area contributed by atoms with Gasteiger partial charge in [0.25, 0.3) is 0 Å². The second kappa shape index (κ2) is 6.13. The summed E-state index contributed by atoms with van der Waals surface area (Å²) in [4.78, 5) is 4.56. The van der Waals surface area contributed by atoms with Crippen molar-refractivity contribution in [3.63, 3.8) is 0 Å². The van der Waals surface area contributed by atoms with Crippen LogP contribution in [0.5, 0.6) is 0 Å². The molecule has 2 rings (SSSR count). The standard InChI is InChI=1S/C18H25GeN/c1-14(2)11-16-12-18(15-9-7-6-8-10-15)20-13-17(16)19(3,4)5/h6-10,12-14H,11H2,1-5H3/i6D,7D,8D,9D. The molecule has 2 aromatic rings. The second-order valence-corrected chi connectivity index (χ2v) is 17.2. The van der Waals surface area contributed by atoms with Gasteiger partial charge in [0.05, 0.1) is 0 Å². The molecule has 0 fully saturated rings. The summed E-state index contributed by atoms with van der Waals surface area (Å²) in [7, 11) is 0.